The standard InChI is InChI=1S/C11H21NO/c1-3-9(2)6-10-4-5-12(10)11-7-13-8-11/h9-11H,3-8H2,1-2H3. The number of ether oxygens (including phenoxy) is 1. The maximum absolute atomic E-state index is 5.23. The minimum atomic E-state index is 0.766. The zero-order chi connectivity index (χ0) is 9.26. The van der Waals surface area contributed by atoms with Crippen molar-refractivity contribution in [1.29, 1.82) is 0 Å². The molecule has 0 aliphatic carbocycles. The van der Waals surface area contributed by atoms with Gasteiger partial charge in [0.25, 0.3) is 0 Å². The molecule has 76 valence electrons. The second-order valence-corrected chi connectivity index (χ2v) is 4.62. The Kier molecular flexibility index (Phi) is 2.89. The summed E-state index contributed by atoms with van der Waals surface area (Å²) < 4.78 is 5.23. The number of hydrogen-bond donors (Lipinski definition) is 0. The summed E-state index contributed by atoms with van der Waals surface area (Å²) in [7, 11) is 0. The second-order valence-electron chi connectivity index (χ2n) is 4.62. The third-order valence-corrected chi connectivity index (χ3v) is 3.65. The SMILES string of the molecule is CCC(C)CC1CCN1C1COC1. The van der Waals surface area contributed by atoms with Crippen molar-refractivity contribution in [2.75, 3.05) is 19.8 Å². The minimum Gasteiger partial charge on any atom is -0.378 e. The lowest BCUT2D eigenvalue weighted by atomic mass is 9.89. The van der Waals surface area contributed by atoms with Crippen molar-refractivity contribution in [2.45, 2.75) is 45.2 Å². The lowest BCUT2D eigenvalue weighted by Gasteiger charge is -2.49. The van der Waals surface area contributed by atoms with Crippen LogP contribution in [0.25, 0.3) is 0 Å². The predicted molar refractivity (Wildman–Crippen MR) is 53.8 cm³/mol. The lowest BCUT2D eigenvalue weighted by Crippen LogP contribution is -2.60. The van der Waals surface area contributed by atoms with E-state index in [1.165, 1.54) is 25.8 Å². The average molecular weight is 183 g/mol. The van der Waals surface area contributed by atoms with Crippen LogP contribution in [0.4, 0.5) is 0 Å². The molecule has 0 aromatic heterocycles. The summed E-state index contributed by atoms with van der Waals surface area (Å²) in [5, 5.41) is 0. The van der Waals surface area contributed by atoms with Gasteiger partial charge in [-0.2, -0.15) is 0 Å². The largest absolute Gasteiger partial charge is 0.378 e. The van der Waals surface area contributed by atoms with Gasteiger partial charge >= 0.3 is 0 Å². The monoisotopic (exact) mass is 183 g/mol. The zero-order valence-electron chi connectivity index (χ0n) is 8.83. The molecule has 0 spiro atoms. The molecular weight excluding hydrogens is 162 g/mol. The van der Waals surface area contributed by atoms with E-state index < -0.39 is 0 Å². The first kappa shape index (κ1) is 9.47. The molecule has 0 bridgehead atoms. The van der Waals surface area contributed by atoms with E-state index in [1.54, 1.807) is 0 Å². The number of likely N-dealkylation sites (tertiary alicyclic amines) is 1. The van der Waals surface area contributed by atoms with Crippen LogP contribution < -0.4 is 0 Å². The van der Waals surface area contributed by atoms with Crippen LogP contribution in [-0.4, -0.2) is 36.7 Å². The van der Waals surface area contributed by atoms with Crippen molar-refractivity contribution in [3.8, 4) is 0 Å². The molecule has 2 heteroatoms. The first-order valence-corrected chi connectivity index (χ1v) is 5.64. The predicted octanol–water partition coefficient (Wildman–Crippen LogP) is 1.90. The van der Waals surface area contributed by atoms with Crippen molar-refractivity contribution in [2.24, 2.45) is 5.92 Å². The first-order chi connectivity index (χ1) is 6.31. The fraction of sp³-hybridized carbons (Fsp3) is 1.00. The summed E-state index contributed by atoms with van der Waals surface area (Å²) in [6.07, 6.45) is 4.14. The molecule has 0 saturated carbocycles. The van der Waals surface area contributed by atoms with Crippen LogP contribution in [0.3, 0.4) is 0 Å². The van der Waals surface area contributed by atoms with Crippen LogP contribution in [0.2, 0.25) is 0 Å². The molecule has 2 nitrogen and oxygen atoms in total. The van der Waals surface area contributed by atoms with Gasteiger partial charge in [0.15, 0.2) is 0 Å². The molecule has 2 saturated heterocycles. The Morgan fingerprint density at radius 1 is 1.46 bits per heavy atom. The molecule has 0 aromatic rings. The maximum atomic E-state index is 5.23. The fourth-order valence-corrected chi connectivity index (χ4v) is 2.24. The van der Waals surface area contributed by atoms with Gasteiger partial charge in [-0.15, -0.1) is 0 Å². The summed E-state index contributed by atoms with van der Waals surface area (Å²) in [6.45, 7) is 7.94. The molecule has 0 radical (unpaired) electrons. The molecule has 2 rings (SSSR count). The molecular formula is C11H21NO. The summed E-state index contributed by atoms with van der Waals surface area (Å²) in [6, 6.07) is 1.65. The maximum Gasteiger partial charge on any atom is 0.0645 e. The van der Waals surface area contributed by atoms with Gasteiger partial charge in [0, 0.05) is 12.6 Å². The van der Waals surface area contributed by atoms with Crippen LogP contribution in [0, 0.1) is 5.92 Å². The molecule has 2 aliphatic rings. The number of rotatable bonds is 4. The molecule has 2 unspecified atom stereocenters. The zero-order valence-corrected chi connectivity index (χ0v) is 8.83. The van der Waals surface area contributed by atoms with E-state index in [-0.39, 0.29) is 0 Å². The van der Waals surface area contributed by atoms with Gasteiger partial charge in [-0.05, 0) is 18.8 Å². The van der Waals surface area contributed by atoms with Gasteiger partial charge in [-0.1, -0.05) is 20.3 Å². The van der Waals surface area contributed by atoms with Gasteiger partial charge in [-0.3, -0.25) is 4.90 Å². The highest BCUT2D eigenvalue weighted by Crippen LogP contribution is 2.29. The van der Waals surface area contributed by atoms with Gasteiger partial charge in [0.1, 0.15) is 0 Å². The van der Waals surface area contributed by atoms with Crippen LogP contribution in [-0.2, 0) is 4.74 Å². The third-order valence-electron chi connectivity index (χ3n) is 3.65. The first-order valence-electron chi connectivity index (χ1n) is 5.64. The van der Waals surface area contributed by atoms with Crippen LogP contribution in [0.5, 0.6) is 0 Å². The molecule has 2 atom stereocenters. The van der Waals surface area contributed by atoms with Crippen molar-refractivity contribution in [3.05, 3.63) is 0 Å². The highest BCUT2D eigenvalue weighted by Gasteiger charge is 2.37. The van der Waals surface area contributed by atoms with Crippen molar-refractivity contribution >= 4 is 0 Å². The van der Waals surface area contributed by atoms with Crippen LogP contribution in [0.1, 0.15) is 33.1 Å². The Morgan fingerprint density at radius 3 is 2.62 bits per heavy atom. The van der Waals surface area contributed by atoms with Crippen molar-refractivity contribution < 1.29 is 4.74 Å². The molecule has 2 fully saturated rings. The molecule has 0 N–H and O–H groups in total. The van der Waals surface area contributed by atoms with E-state index in [9.17, 15) is 0 Å². The summed E-state index contributed by atoms with van der Waals surface area (Å²) in [4.78, 5) is 2.65. The van der Waals surface area contributed by atoms with E-state index >= 15 is 0 Å². The third kappa shape index (κ3) is 1.89. The summed E-state index contributed by atoms with van der Waals surface area (Å²) in [5.41, 5.74) is 0. The molecule has 0 amide bonds. The van der Waals surface area contributed by atoms with Crippen molar-refractivity contribution in [3.63, 3.8) is 0 Å². The van der Waals surface area contributed by atoms with E-state index in [1.807, 2.05) is 0 Å². The molecule has 13 heavy (non-hydrogen) atoms. The van der Waals surface area contributed by atoms with Gasteiger partial charge in [0.05, 0.1) is 19.3 Å². The Bertz CT molecular complexity index is 167. The Hall–Kier alpha value is -0.0800. The van der Waals surface area contributed by atoms with Crippen molar-refractivity contribution in [1.82, 2.24) is 4.90 Å². The molecule has 2 aliphatic heterocycles. The topological polar surface area (TPSA) is 12.5 Å². The highest BCUT2D eigenvalue weighted by atomic mass is 16.5. The Labute approximate surface area is 81.3 Å². The Morgan fingerprint density at radius 2 is 2.23 bits per heavy atom. The summed E-state index contributed by atoms with van der Waals surface area (Å²) in [5.74, 6) is 0.897. The smallest absolute Gasteiger partial charge is 0.0645 e. The van der Waals surface area contributed by atoms with Crippen LogP contribution in [0.15, 0.2) is 0 Å². The fourth-order valence-electron chi connectivity index (χ4n) is 2.24. The van der Waals surface area contributed by atoms with Gasteiger partial charge in [0.2, 0.25) is 0 Å². The average Bonchev–Trinajstić information content (AvgIpc) is 2.04. The number of nitrogens with zero attached hydrogens (tertiary/aromatic N) is 1. The minimum absolute atomic E-state index is 0.766. The lowest BCUT2D eigenvalue weighted by molar-refractivity contribution is -0.112. The quantitative estimate of drug-likeness (QED) is 0.660. The van der Waals surface area contributed by atoms with E-state index in [4.69, 9.17) is 4.74 Å². The number of hydrogen-bond acceptors (Lipinski definition) is 2. The summed E-state index contributed by atoms with van der Waals surface area (Å²) >= 11 is 0. The molecule has 2 heterocycles. The van der Waals surface area contributed by atoms with Gasteiger partial charge in [-0.25, -0.2) is 0 Å². The normalized spacial score (nSPS) is 32.3. The second kappa shape index (κ2) is 3.97. The van der Waals surface area contributed by atoms with Crippen LogP contribution >= 0.6 is 0 Å². The van der Waals surface area contributed by atoms with Gasteiger partial charge < -0.3 is 4.74 Å². The van der Waals surface area contributed by atoms with E-state index in [0.717, 1.165) is 31.2 Å². The Balaban J connectivity index is 1.74. The molecule has 0 aromatic carbocycles. The van der Waals surface area contributed by atoms with E-state index in [0.29, 0.717) is 0 Å². The highest BCUT2D eigenvalue weighted by molar-refractivity contribution is 4.91. The van der Waals surface area contributed by atoms with E-state index in [2.05, 4.69) is 18.7 Å².